The van der Waals surface area contributed by atoms with Gasteiger partial charge in [0.05, 0.1) is 12.1 Å². The van der Waals surface area contributed by atoms with Gasteiger partial charge in [0.25, 0.3) is 5.91 Å². The lowest BCUT2D eigenvalue weighted by molar-refractivity contribution is -0.118. The summed E-state index contributed by atoms with van der Waals surface area (Å²) < 4.78 is 11.1. The number of methoxy groups -OCH3 is 1. The van der Waals surface area contributed by atoms with Crippen LogP contribution in [0.1, 0.15) is 16.7 Å². The van der Waals surface area contributed by atoms with Gasteiger partial charge in [-0.3, -0.25) is 4.79 Å². The Bertz CT molecular complexity index is 1140. The Kier molecular flexibility index (Phi) is 8.13. The summed E-state index contributed by atoms with van der Waals surface area (Å²) in [5.74, 6) is 0.391. The zero-order chi connectivity index (χ0) is 23.3. The Hall–Kier alpha value is -2.60. The van der Waals surface area contributed by atoms with Crippen LogP contribution < -0.4 is 20.1 Å². The summed E-state index contributed by atoms with van der Waals surface area (Å²) >= 11 is 18.6. The number of hydrogen-bond donors (Lipinski definition) is 2. The summed E-state index contributed by atoms with van der Waals surface area (Å²) in [6, 6.07) is 14.5. The van der Waals surface area contributed by atoms with E-state index < -0.39 is 0 Å². The first-order chi connectivity index (χ1) is 15.3. The van der Waals surface area contributed by atoms with Crippen LogP contribution in [0.2, 0.25) is 15.1 Å². The molecule has 0 aliphatic rings. The Morgan fingerprint density at radius 3 is 2.41 bits per heavy atom. The van der Waals surface area contributed by atoms with Crippen LogP contribution in [0.4, 0.5) is 11.4 Å². The van der Waals surface area contributed by atoms with Crippen LogP contribution in [0, 0.1) is 13.8 Å². The molecule has 32 heavy (non-hydrogen) atoms. The highest BCUT2D eigenvalue weighted by molar-refractivity contribution is 6.32. The summed E-state index contributed by atoms with van der Waals surface area (Å²) in [5.41, 5.74) is 4.41. The summed E-state index contributed by atoms with van der Waals surface area (Å²) in [4.78, 5) is 12.3. The van der Waals surface area contributed by atoms with Gasteiger partial charge >= 0.3 is 0 Å². The first-order valence-electron chi connectivity index (χ1n) is 9.82. The van der Waals surface area contributed by atoms with Crippen molar-refractivity contribution >= 4 is 52.1 Å². The van der Waals surface area contributed by atoms with E-state index in [1.54, 1.807) is 18.2 Å². The molecule has 8 heteroatoms. The van der Waals surface area contributed by atoms with Gasteiger partial charge in [0.2, 0.25) is 0 Å². The minimum Gasteiger partial charge on any atom is -0.493 e. The number of rotatable bonds is 8. The predicted octanol–water partition coefficient (Wildman–Crippen LogP) is 6.90. The molecule has 0 spiro atoms. The molecule has 0 heterocycles. The second kappa shape index (κ2) is 10.8. The molecule has 5 nitrogen and oxygen atoms in total. The number of nitrogens with one attached hydrogen (secondary N) is 2. The lowest BCUT2D eigenvalue weighted by Crippen LogP contribution is -2.20. The third kappa shape index (κ3) is 6.22. The molecule has 0 saturated heterocycles. The zero-order valence-corrected chi connectivity index (χ0v) is 20.2. The van der Waals surface area contributed by atoms with Crippen LogP contribution in [0.25, 0.3) is 0 Å². The molecule has 0 aliphatic carbocycles. The second-order valence-corrected chi connectivity index (χ2v) is 8.47. The van der Waals surface area contributed by atoms with Gasteiger partial charge in [0.1, 0.15) is 0 Å². The highest BCUT2D eigenvalue weighted by Crippen LogP contribution is 2.37. The normalized spacial score (nSPS) is 10.6. The number of aryl methyl sites for hydroxylation is 2. The number of ether oxygens (including phenoxy) is 2. The molecule has 0 aromatic heterocycles. The summed E-state index contributed by atoms with van der Waals surface area (Å²) in [6.07, 6.45) is 0. The number of hydrogen-bond acceptors (Lipinski definition) is 4. The molecule has 0 fully saturated rings. The van der Waals surface area contributed by atoms with Crippen molar-refractivity contribution in [2.45, 2.75) is 20.4 Å². The molecule has 3 aromatic rings. The number of halogens is 3. The number of benzene rings is 3. The van der Waals surface area contributed by atoms with Crippen molar-refractivity contribution in [1.82, 2.24) is 0 Å². The summed E-state index contributed by atoms with van der Waals surface area (Å²) in [6.45, 7) is 4.16. The van der Waals surface area contributed by atoms with E-state index in [4.69, 9.17) is 44.3 Å². The lowest BCUT2D eigenvalue weighted by atomic mass is 10.1. The minimum absolute atomic E-state index is 0.235. The Balaban J connectivity index is 1.66. The number of anilines is 2. The Morgan fingerprint density at radius 1 is 0.938 bits per heavy atom. The molecular weight excluding hydrogens is 471 g/mol. The van der Waals surface area contributed by atoms with Crippen LogP contribution in [-0.2, 0) is 11.3 Å². The zero-order valence-electron chi connectivity index (χ0n) is 17.9. The monoisotopic (exact) mass is 492 g/mol. The van der Waals surface area contributed by atoms with Crippen LogP contribution in [0.3, 0.4) is 0 Å². The maximum atomic E-state index is 12.3. The van der Waals surface area contributed by atoms with Crippen LogP contribution in [0.15, 0.2) is 48.5 Å². The fourth-order valence-electron chi connectivity index (χ4n) is 3.00. The van der Waals surface area contributed by atoms with Gasteiger partial charge in [-0.25, -0.2) is 0 Å². The van der Waals surface area contributed by atoms with Crippen molar-refractivity contribution in [2.24, 2.45) is 0 Å². The first kappa shape index (κ1) is 24.1. The SMILES string of the molecule is COc1cc(CNc2cc(Cl)ccc2C)cc(Cl)c1OCC(=O)Nc1ccc(C)c(Cl)c1. The van der Waals surface area contributed by atoms with E-state index in [2.05, 4.69) is 10.6 Å². The molecule has 0 bridgehead atoms. The van der Waals surface area contributed by atoms with Crippen molar-refractivity contribution in [1.29, 1.82) is 0 Å². The van der Waals surface area contributed by atoms with Crippen molar-refractivity contribution in [3.8, 4) is 11.5 Å². The van der Waals surface area contributed by atoms with Gasteiger partial charge in [-0.2, -0.15) is 0 Å². The van der Waals surface area contributed by atoms with E-state index in [9.17, 15) is 4.79 Å². The molecule has 0 aliphatic heterocycles. The Labute approximate surface area is 202 Å². The highest BCUT2D eigenvalue weighted by atomic mass is 35.5. The fourth-order valence-corrected chi connectivity index (χ4v) is 3.64. The standard InChI is InChI=1S/C24H23Cl3N2O3/c1-14-5-7-18(11-19(14)26)29-23(30)13-32-24-20(27)8-16(9-22(24)31-3)12-28-21-10-17(25)6-4-15(21)2/h4-11,28H,12-13H2,1-3H3,(H,29,30). The summed E-state index contributed by atoms with van der Waals surface area (Å²) in [7, 11) is 1.52. The third-order valence-electron chi connectivity index (χ3n) is 4.78. The van der Waals surface area contributed by atoms with Crippen LogP contribution in [0.5, 0.6) is 11.5 Å². The van der Waals surface area contributed by atoms with Gasteiger partial charge in [-0.05, 0) is 66.9 Å². The molecule has 0 atom stereocenters. The fraction of sp³-hybridized carbons (Fsp3) is 0.208. The molecular formula is C24H23Cl3N2O3. The van der Waals surface area contributed by atoms with Gasteiger partial charge < -0.3 is 20.1 Å². The topological polar surface area (TPSA) is 59.6 Å². The number of carbonyl (C=O) groups is 1. The van der Waals surface area contributed by atoms with Crippen molar-refractivity contribution in [2.75, 3.05) is 24.4 Å². The smallest absolute Gasteiger partial charge is 0.262 e. The van der Waals surface area contributed by atoms with E-state index in [1.165, 1.54) is 7.11 Å². The molecule has 0 unspecified atom stereocenters. The van der Waals surface area contributed by atoms with Crippen LogP contribution >= 0.6 is 34.8 Å². The molecule has 0 radical (unpaired) electrons. The maximum absolute atomic E-state index is 12.3. The molecule has 168 valence electrons. The van der Waals surface area contributed by atoms with Crippen molar-refractivity contribution in [3.63, 3.8) is 0 Å². The summed E-state index contributed by atoms with van der Waals surface area (Å²) in [5, 5.41) is 7.66. The second-order valence-electron chi connectivity index (χ2n) is 7.22. The quantitative estimate of drug-likeness (QED) is 0.358. The average molecular weight is 494 g/mol. The van der Waals surface area contributed by atoms with E-state index in [0.29, 0.717) is 38.8 Å². The first-order valence-corrected chi connectivity index (χ1v) is 11.0. The molecule has 2 N–H and O–H groups in total. The predicted molar refractivity (Wildman–Crippen MR) is 132 cm³/mol. The highest BCUT2D eigenvalue weighted by Gasteiger charge is 2.14. The third-order valence-corrected chi connectivity index (χ3v) is 5.70. The lowest BCUT2D eigenvalue weighted by Gasteiger charge is -2.15. The average Bonchev–Trinajstić information content (AvgIpc) is 2.75. The maximum Gasteiger partial charge on any atom is 0.262 e. The molecule has 3 aromatic carbocycles. The van der Waals surface area contributed by atoms with E-state index in [-0.39, 0.29) is 12.5 Å². The van der Waals surface area contributed by atoms with E-state index in [1.807, 2.05) is 44.2 Å². The van der Waals surface area contributed by atoms with Gasteiger partial charge in [-0.1, -0.05) is 46.9 Å². The van der Waals surface area contributed by atoms with Crippen LogP contribution in [-0.4, -0.2) is 19.6 Å². The van der Waals surface area contributed by atoms with Gasteiger partial charge in [0, 0.05) is 28.0 Å². The molecule has 3 rings (SSSR count). The van der Waals surface area contributed by atoms with Gasteiger partial charge in [-0.15, -0.1) is 0 Å². The molecule has 1 amide bonds. The number of amides is 1. The van der Waals surface area contributed by atoms with E-state index >= 15 is 0 Å². The minimum atomic E-state index is -0.342. The van der Waals surface area contributed by atoms with Crippen molar-refractivity contribution < 1.29 is 14.3 Å². The Morgan fingerprint density at radius 2 is 1.69 bits per heavy atom. The number of carbonyl (C=O) groups excluding carboxylic acids is 1. The van der Waals surface area contributed by atoms with E-state index in [0.717, 1.165) is 22.4 Å². The largest absolute Gasteiger partial charge is 0.493 e. The van der Waals surface area contributed by atoms with Gasteiger partial charge in [0.15, 0.2) is 18.1 Å². The van der Waals surface area contributed by atoms with Crippen molar-refractivity contribution in [3.05, 3.63) is 80.3 Å². The molecule has 0 saturated carbocycles.